The van der Waals surface area contributed by atoms with Gasteiger partial charge < -0.3 is 10.2 Å². The van der Waals surface area contributed by atoms with Gasteiger partial charge in [-0.2, -0.15) is 0 Å². The van der Waals surface area contributed by atoms with Gasteiger partial charge in [-0.05, 0) is 51.8 Å². The predicted molar refractivity (Wildman–Crippen MR) is 74.8 cm³/mol. The van der Waals surface area contributed by atoms with E-state index in [2.05, 4.69) is 56.1 Å². The van der Waals surface area contributed by atoms with Gasteiger partial charge in [0, 0.05) is 24.3 Å². The molecule has 1 aliphatic rings. The van der Waals surface area contributed by atoms with E-state index >= 15 is 0 Å². The van der Waals surface area contributed by atoms with Gasteiger partial charge in [-0.3, -0.25) is 0 Å². The summed E-state index contributed by atoms with van der Waals surface area (Å²) in [7, 11) is 0. The van der Waals surface area contributed by atoms with E-state index in [1.165, 1.54) is 23.2 Å². The van der Waals surface area contributed by atoms with Crippen LogP contribution in [0, 0.1) is 13.8 Å². The highest BCUT2D eigenvalue weighted by molar-refractivity contribution is 5.59. The van der Waals surface area contributed by atoms with Crippen molar-refractivity contribution in [3.05, 3.63) is 29.3 Å². The molecule has 0 amide bonds. The maximum absolute atomic E-state index is 3.62. The van der Waals surface area contributed by atoms with Gasteiger partial charge in [0.2, 0.25) is 0 Å². The Bertz CT molecular complexity index is 376. The quantitative estimate of drug-likeness (QED) is 0.801. The summed E-state index contributed by atoms with van der Waals surface area (Å²) in [6.07, 6.45) is 1.22. The van der Waals surface area contributed by atoms with E-state index in [0.717, 1.165) is 19.6 Å². The van der Waals surface area contributed by atoms with E-state index in [4.69, 9.17) is 0 Å². The maximum Gasteiger partial charge on any atom is 0.0426 e. The second kappa shape index (κ2) is 4.69. The second-order valence-corrected chi connectivity index (χ2v) is 5.83. The van der Waals surface area contributed by atoms with Crippen molar-refractivity contribution < 1.29 is 0 Å². The Morgan fingerprint density at radius 1 is 1.18 bits per heavy atom. The van der Waals surface area contributed by atoms with Crippen LogP contribution in [0.25, 0.3) is 0 Å². The average molecular weight is 232 g/mol. The first-order chi connectivity index (χ1) is 7.99. The first-order valence-corrected chi connectivity index (χ1v) is 6.56. The summed E-state index contributed by atoms with van der Waals surface area (Å²) in [6.45, 7) is 12.4. The van der Waals surface area contributed by atoms with Crippen molar-refractivity contribution in [3.8, 4) is 0 Å². The lowest BCUT2D eigenvalue weighted by atomic mass is 10.0. The molecule has 2 rings (SSSR count). The molecule has 1 fully saturated rings. The van der Waals surface area contributed by atoms with Gasteiger partial charge in [-0.15, -0.1) is 0 Å². The third-order valence-electron chi connectivity index (χ3n) is 3.55. The van der Waals surface area contributed by atoms with Crippen LogP contribution in [0.3, 0.4) is 0 Å². The van der Waals surface area contributed by atoms with Crippen LogP contribution in [0.4, 0.5) is 5.69 Å². The summed E-state index contributed by atoms with van der Waals surface area (Å²) in [5.41, 5.74) is 4.42. The summed E-state index contributed by atoms with van der Waals surface area (Å²) < 4.78 is 0. The van der Waals surface area contributed by atoms with Gasteiger partial charge in [0.15, 0.2) is 0 Å². The van der Waals surface area contributed by atoms with E-state index in [0.29, 0.717) is 0 Å². The molecule has 17 heavy (non-hydrogen) atoms. The highest BCUT2D eigenvalue weighted by atomic mass is 15.2. The fourth-order valence-electron chi connectivity index (χ4n) is 2.80. The lowest BCUT2D eigenvalue weighted by Crippen LogP contribution is -2.46. The molecule has 1 aromatic carbocycles. The van der Waals surface area contributed by atoms with Gasteiger partial charge in [0.05, 0.1) is 0 Å². The number of para-hydroxylation sites is 1. The molecule has 0 radical (unpaired) electrons. The molecule has 94 valence electrons. The molecule has 0 saturated carbocycles. The molecule has 2 heteroatoms. The van der Waals surface area contributed by atoms with E-state index in [1.807, 2.05) is 0 Å². The summed E-state index contributed by atoms with van der Waals surface area (Å²) in [6, 6.07) is 6.58. The second-order valence-electron chi connectivity index (χ2n) is 5.83. The normalized spacial score (nSPS) is 20.1. The van der Waals surface area contributed by atoms with E-state index in [9.17, 15) is 0 Å². The highest BCUT2D eigenvalue weighted by Crippen LogP contribution is 2.27. The van der Waals surface area contributed by atoms with Gasteiger partial charge in [-0.1, -0.05) is 18.2 Å². The molecular weight excluding hydrogens is 208 g/mol. The monoisotopic (exact) mass is 232 g/mol. The molecule has 0 spiro atoms. The highest BCUT2D eigenvalue weighted by Gasteiger charge is 2.25. The molecule has 1 saturated heterocycles. The molecule has 1 N–H and O–H groups in total. The van der Waals surface area contributed by atoms with Crippen LogP contribution in [-0.2, 0) is 0 Å². The van der Waals surface area contributed by atoms with Gasteiger partial charge in [0.25, 0.3) is 0 Å². The third-order valence-corrected chi connectivity index (χ3v) is 3.55. The van der Waals surface area contributed by atoms with Crippen molar-refractivity contribution in [2.75, 3.05) is 24.5 Å². The van der Waals surface area contributed by atoms with Crippen LogP contribution >= 0.6 is 0 Å². The number of nitrogens with one attached hydrogen (secondary N) is 1. The Labute approximate surface area is 105 Å². The number of hydrogen-bond donors (Lipinski definition) is 1. The maximum atomic E-state index is 3.62. The lowest BCUT2D eigenvalue weighted by molar-refractivity contribution is 0.416. The zero-order chi connectivity index (χ0) is 12.5. The topological polar surface area (TPSA) is 15.3 Å². The Hall–Kier alpha value is -1.02. The number of rotatable bonds is 1. The fourth-order valence-corrected chi connectivity index (χ4v) is 2.80. The Morgan fingerprint density at radius 2 is 1.82 bits per heavy atom. The fraction of sp³-hybridized carbons (Fsp3) is 0.600. The number of anilines is 1. The van der Waals surface area contributed by atoms with E-state index in [-0.39, 0.29) is 5.54 Å². The zero-order valence-corrected chi connectivity index (χ0v) is 11.5. The van der Waals surface area contributed by atoms with Gasteiger partial charge in [0.1, 0.15) is 0 Å². The van der Waals surface area contributed by atoms with Crippen LogP contribution in [0.5, 0.6) is 0 Å². The first kappa shape index (κ1) is 12.4. The SMILES string of the molecule is Cc1cccc(C)c1N1CCCNC(C)(C)C1. The van der Waals surface area contributed by atoms with Gasteiger partial charge >= 0.3 is 0 Å². The Kier molecular flexibility index (Phi) is 3.43. The minimum Gasteiger partial charge on any atom is -0.369 e. The molecule has 0 aliphatic carbocycles. The number of benzene rings is 1. The number of hydrogen-bond acceptors (Lipinski definition) is 2. The summed E-state index contributed by atoms with van der Waals surface area (Å²) in [5.74, 6) is 0. The van der Waals surface area contributed by atoms with Crippen LogP contribution in [0.1, 0.15) is 31.4 Å². The van der Waals surface area contributed by atoms with E-state index in [1.54, 1.807) is 0 Å². The molecular formula is C15H24N2. The minimum atomic E-state index is 0.200. The Morgan fingerprint density at radius 3 is 2.47 bits per heavy atom. The number of aryl methyl sites for hydroxylation is 2. The molecule has 0 unspecified atom stereocenters. The molecule has 1 aliphatic heterocycles. The molecule has 1 heterocycles. The minimum absolute atomic E-state index is 0.200. The summed E-state index contributed by atoms with van der Waals surface area (Å²) in [5, 5.41) is 3.62. The van der Waals surface area contributed by atoms with Crippen LogP contribution in [0.15, 0.2) is 18.2 Å². The molecule has 0 aromatic heterocycles. The molecule has 0 atom stereocenters. The van der Waals surface area contributed by atoms with Crippen LogP contribution < -0.4 is 10.2 Å². The lowest BCUT2D eigenvalue weighted by Gasteiger charge is -2.33. The smallest absolute Gasteiger partial charge is 0.0426 e. The van der Waals surface area contributed by atoms with Crippen molar-refractivity contribution in [1.29, 1.82) is 0 Å². The Balaban J connectivity index is 2.32. The van der Waals surface area contributed by atoms with E-state index < -0.39 is 0 Å². The molecule has 0 bridgehead atoms. The largest absolute Gasteiger partial charge is 0.369 e. The van der Waals surface area contributed by atoms with Crippen LogP contribution in [0.2, 0.25) is 0 Å². The molecule has 2 nitrogen and oxygen atoms in total. The van der Waals surface area contributed by atoms with Crippen molar-refractivity contribution in [2.45, 2.75) is 39.7 Å². The molecule has 1 aromatic rings. The summed E-state index contributed by atoms with van der Waals surface area (Å²) >= 11 is 0. The number of nitrogens with zero attached hydrogens (tertiary/aromatic N) is 1. The van der Waals surface area contributed by atoms with Crippen LogP contribution in [-0.4, -0.2) is 25.2 Å². The van der Waals surface area contributed by atoms with Crippen molar-refractivity contribution in [2.24, 2.45) is 0 Å². The standard InChI is InChI=1S/C15H24N2/c1-12-7-5-8-13(2)14(12)17-10-6-9-16-15(3,4)11-17/h5,7-8,16H,6,9-11H2,1-4H3. The van der Waals surface area contributed by atoms with Crippen molar-refractivity contribution in [3.63, 3.8) is 0 Å². The zero-order valence-electron chi connectivity index (χ0n) is 11.5. The average Bonchev–Trinajstić information content (AvgIpc) is 2.39. The summed E-state index contributed by atoms with van der Waals surface area (Å²) in [4.78, 5) is 2.55. The third kappa shape index (κ3) is 2.81. The predicted octanol–water partition coefficient (Wildman–Crippen LogP) is 2.88. The van der Waals surface area contributed by atoms with Gasteiger partial charge in [-0.25, -0.2) is 0 Å². The first-order valence-electron chi connectivity index (χ1n) is 6.56. The van der Waals surface area contributed by atoms with Crippen molar-refractivity contribution in [1.82, 2.24) is 5.32 Å². The van der Waals surface area contributed by atoms with Crippen molar-refractivity contribution >= 4 is 5.69 Å².